The quantitative estimate of drug-likeness (QED) is 0.734. The molecule has 0 radical (unpaired) electrons. The van der Waals surface area contributed by atoms with Gasteiger partial charge in [-0.25, -0.2) is 4.98 Å². The molecule has 0 bridgehead atoms. The van der Waals surface area contributed by atoms with Crippen molar-refractivity contribution in [2.24, 2.45) is 0 Å². The first-order chi connectivity index (χ1) is 10.3. The van der Waals surface area contributed by atoms with Gasteiger partial charge in [0.2, 0.25) is 0 Å². The van der Waals surface area contributed by atoms with E-state index >= 15 is 0 Å². The van der Waals surface area contributed by atoms with Gasteiger partial charge in [-0.3, -0.25) is 0 Å². The van der Waals surface area contributed by atoms with E-state index in [1.807, 2.05) is 30.3 Å². The smallest absolute Gasteiger partial charge is 0.133 e. The maximum atomic E-state index is 9.90. The highest BCUT2D eigenvalue weighted by molar-refractivity contribution is 7.09. The third-order valence-corrected chi connectivity index (χ3v) is 3.96. The number of hydrogen-bond donors (Lipinski definition) is 2. The standard InChI is InChI=1S/C16H16N2O2S/c19-14(15-7-4-8-20-15)9-17-10-16-18-13(11-21-16)12-5-2-1-3-6-12/h1-8,11,14,17,19H,9-10H2. The van der Waals surface area contributed by atoms with Gasteiger partial charge in [0.25, 0.3) is 0 Å². The van der Waals surface area contributed by atoms with Crippen LogP contribution in [0.4, 0.5) is 0 Å². The molecule has 0 aliphatic rings. The monoisotopic (exact) mass is 300 g/mol. The Bertz CT molecular complexity index is 665. The first-order valence-electron chi connectivity index (χ1n) is 6.75. The van der Waals surface area contributed by atoms with Gasteiger partial charge in [-0.1, -0.05) is 30.3 Å². The van der Waals surface area contributed by atoms with Crippen molar-refractivity contribution in [3.63, 3.8) is 0 Å². The normalized spacial score (nSPS) is 12.4. The van der Waals surface area contributed by atoms with Crippen molar-refractivity contribution in [2.45, 2.75) is 12.6 Å². The van der Waals surface area contributed by atoms with Crippen LogP contribution < -0.4 is 5.32 Å². The minimum absolute atomic E-state index is 0.438. The Morgan fingerprint density at radius 2 is 2.05 bits per heavy atom. The largest absolute Gasteiger partial charge is 0.467 e. The average molecular weight is 300 g/mol. The highest BCUT2D eigenvalue weighted by Gasteiger charge is 2.10. The zero-order valence-electron chi connectivity index (χ0n) is 11.4. The number of nitrogens with one attached hydrogen (secondary N) is 1. The van der Waals surface area contributed by atoms with Gasteiger partial charge < -0.3 is 14.8 Å². The maximum Gasteiger partial charge on any atom is 0.133 e. The van der Waals surface area contributed by atoms with Crippen LogP contribution in [0.25, 0.3) is 11.3 Å². The van der Waals surface area contributed by atoms with Crippen molar-refractivity contribution in [2.75, 3.05) is 6.54 Å². The molecule has 2 N–H and O–H groups in total. The summed E-state index contributed by atoms with van der Waals surface area (Å²) >= 11 is 1.61. The molecule has 3 rings (SSSR count). The van der Waals surface area contributed by atoms with Crippen molar-refractivity contribution in [1.82, 2.24) is 10.3 Å². The van der Waals surface area contributed by atoms with E-state index in [9.17, 15) is 5.11 Å². The Kier molecular flexibility index (Phi) is 4.45. The summed E-state index contributed by atoms with van der Waals surface area (Å²) in [7, 11) is 0. The van der Waals surface area contributed by atoms with Gasteiger partial charge in [0.15, 0.2) is 0 Å². The number of furan rings is 1. The third-order valence-electron chi connectivity index (χ3n) is 3.11. The topological polar surface area (TPSA) is 58.3 Å². The van der Waals surface area contributed by atoms with Crippen LogP contribution in [0.2, 0.25) is 0 Å². The Hall–Kier alpha value is -1.95. The summed E-state index contributed by atoms with van der Waals surface area (Å²) in [5.41, 5.74) is 2.11. The van der Waals surface area contributed by atoms with E-state index in [0.717, 1.165) is 16.3 Å². The Balaban J connectivity index is 1.54. The van der Waals surface area contributed by atoms with E-state index in [-0.39, 0.29) is 0 Å². The van der Waals surface area contributed by atoms with Crippen LogP contribution in [-0.4, -0.2) is 16.6 Å². The highest BCUT2D eigenvalue weighted by atomic mass is 32.1. The lowest BCUT2D eigenvalue weighted by atomic mass is 10.2. The lowest BCUT2D eigenvalue weighted by Gasteiger charge is -2.07. The van der Waals surface area contributed by atoms with Crippen LogP contribution in [-0.2, 0) is 6.54 Å². The predicted molar refractivity (Wildman–Crippen MR) is 82.9 cm³/mol. The van der Waals surface area contributed by atoms with E-state index in [0.29, 0.717) is 18.8 Å². The minimum Gasteiger partial charge on any atom is -0.467 e. The molecule has 5 heteroatoms. The molecule has 4 nitrogen and oxygen atoms in total. The number of benzene rings is 1. The van der Waals surface area contributed by atoms with Crippen LogP contribution in [0, 0.1) is 0 Å². The molecule has 3 aromatic rings. The highest BCUT2D eigenvalue weighted by Crippen LogP contribution is 2.21. The molecule has 2 aromatic heterocycles. The van der Waals surface area contributed by atoms with E-state index in [2.05, 4.69) is 15.7 Å². The van der Waals surface area contributed by atoms with Crippen molar-refractivity contribution in [3.8, 4) is 11.3 Å². The summed E-state index contributed by atoms with van der Waals surface area (Å²) in [5, 5.41) is 16.1. The van der Waals surface area contributed by atoms with Crippen LogP contribution in [0.5, 0.6) is 0 Å². The second kappa shape index (κ2) is 6.67. The van der Waals surface area contributed by atoms with E-state index in [1.54, 1.807) is 29.7 Å². The van der Waals surface area contributed by atoms with Crippen molar-refractivity contribution < 1.29 is 9.52 Å². The van der Waals surface area contributed by atoms with Gasteiger partial charge >= 0.3 is 0 Å². The summed E-state index contributed by atoms with van der Waals surface area (Å²) in [6, 6.07) is 13.6. The number of thiazole rings is 1. The van der Waals surface area contributed by atoms with Crippen LogP contribution in [0.1, 0.15) is 16.9 Å². The fraction of sp³-hybridized carbons (Fsp3) is 0.188. The second-order valence-corrected chi connectivity index (χ2v) is 5.60. The number of rotatable bonds is 6. The van der Waals surface area contributed by atoms with Gasteiger partial charge in [0, 0.05) is 24.0 Å². The van der Waals surface area contributed by atoms with E-state index in [4.69, 9.17) is 4.42 Å². The number of aliphatic hydroxyl groups excluding tert-OH is 1. The van der Waals surface area contributed by atoms with Gasteiger partial charge in [-0.05, 0) is 12.1 Å². The molecular formula is C16H16N2O2S. The van der Waals surface area contributed by atoms with Crippen molar-refractivity contribution in [1.29, 1.82) is 0 Å². The van der Waals surface area contributed by atoms with Crippen molar-refractivity contribution in [3.05, 3.63) is 64.9 Å². The molecule has 0 aliphatic heterocycles. The lowest BCUT2D eigenvalue weighted by molar-refractivity contribution is 0.147. The fourth-order valence-electron chi connectivity index (χ4n) is 2.03. The molecule has 2 heterocycles. The summed E-state index contributed by atoms with van der Waals surface area (Å²) in [4.78, 5) is 4.59. The number of hydrogen-bond acceptors (Lipinski definition) is 5. The number of aliphatic hydroxyl groups is 1. The molecule has 0 aliphatic carbocycles. The molecule has 108 valence electrons. The number of nitrogens with zero attached hydrogens (tertiary/aromatic N) is 1. The van der Waals surface area contributed by atoms with Gasteiger partial charge in [-0.2, -0.15) is 0 Å². The van der Waals surface area contributed by atoms with Crippen molar-refractivity contribution >= 4 is 11.3 Å². The van der Waals surface area contributed by atoms with Gasteiger partial charge in [0.1, 0.15) is 16.9 Å². The summed E-state index contributed by atoms with van der Waals surface area (Å²) in [6.45, 7) is 1.07. The summed E-state index contributed by atoms with van der Waals surface area (Å²) in [5.74, 6) is 0.576. The Morgan fingerprint density at radius 1 is 1.19 bits per heavy atom. The molecule has 0 amide bonds. The van der Waals surface area contributed by atoms with Gasteiger partial charge in [0.05, 0.1) is 12.0 Å². The molecular weight excluding hydrogens is 284 g/mol. The van der Waals surface area contributed by atoms with Gasteiger partial charge in [-0.15, -0.1) is 11.3 Å². The molecule has 0 saturated carbocycles. The number of aromatic nitrogens is 1. The summed E-state index contributed by atoms with van der Waals surface area (Å²) < 4.78 is 5.16. The Labute approximate surface area is 127 Å². The third kappa shape index (κ3) is 3.58. The molecule has 0 spiro atoms. The SMILES string of the molecule is OC(CNCc1nc(-c2ccccc2)cs1)c1ccco1. The molecule has 1 aromatic carbocycles. The predicted octanol–water partition coefficient (Wildman–Crippen LogP) is 3.23. The second-order valence-electron chi connectivity index (χ2n) is 4.65. The molecule has 1 unspecified atom stereocenters. The first kappa shape index (κ1) is 14.0. The lowest BCUT2D eigenvalue weighted by Crippen LogP contribution is -2.20. The fourth-order valence-corrected chi connectivity index (χ4v) is 2.80. The average Bonchev–Trinajstić information content (AvgIpc) is 3.20. The molecule has 1 atom stereocenters. The first-order valence-corrected chi connectivity index (χ1v) is 7.63. The molecule has 21 heavy (non-hydrogen) atoms. The van der Waals surface area contributed by atoms with Crippen LogP contribution in [0.15, 0.2) is 58.5 Å². The minimum atomic E-state index is -0.631. The Morgan fingerprint density at radius 3 is 2.81 bits per heavy atom. The zero-order chi connectivity index (χ0) is 14.5. The zero-order valence-corrected chi connectivity index (χ0v) is 12.2. The molecule has 0 fully saturated rings. The van der Waals surface area contributed by atoms with Crippen LogP contribution >= 0.6 is 11.3 Å². The van der Waals surface area contributed by atoms with Crippen LogP contribution in [0.3, 0.4) is 0 Å². The maximum absolute atomic E-state index is 9.90. The molecule has 0 saturated heterocycles. The van der Waals surface area contributed by atoms with E-state index < -0.39 is 6.10 Å². The van der Waals surface area contributed by atoms with E-state index in [1.165, 1.54) is 0 Å². The summed E-state index contributed by atoms with van der Waals surface area (Å²) in [6.07, 6.45) is 0.930.